The fourth-order valence-electron chi connectivity index (χ4n) is 3.02. The molecule has 5 heteroatoms. The molecule has 0 bridgehead atoms. The molecule has 1 fully saturated rings. The zero-order valence-electron chi connectivity index (χ0n) is 13.4. The topological polar surface area (TPSA) is 79.2 Å². The van der Waals surface area contributed by atoms with Crippen LogP contribution < -0.4 is 5.32 Å². The molecule has 0 unspecified atom stereocenters. The fraction of sp³-hybridized carbons (Fsp3) is 0.500. The molecule has 0 saturated heterocycles. The molecule has 1 aliphatic carbocycles. The summed E-state index contributed by atoms with van der Waals surface area (Å²) in [7, 11) is 1.30. The van der Waals surface area contributed by atoms with Gasteiger partial charge in [-0.05, 0) is 24.5 Å². The van der Waals surface area contributed by atoms with Crippen LogP contribution in [0.1, 0.15) is 43.2 Å². The maximum Gasteiger partial charge on any atom is 0.328 e. The summed E-state index contributed by atoms with van der Waals surface area (Å²) in [4.78, 5) is 24.4. The SMILES string of the molecule is COC(=O)[C@@H](Cc1ccccc1C#N)NC(=O)C1CCCCC1. The number of methoxy groups -OCH3 is 1. The van der Waals surface area contributed by atoms with Crippen molar-refractivity contribution in [3.05, 3.63) is 35.4 Å². The van der Waals surface area contributed by atoms with E-state index in [1.807, 2.05) is 6.07 Å². The van der Waals surface area contributed by atoms with Crippen molar-refractivity contribution in [2.45, 2.75) is 44.6 Å². The lowest BCUT2D eigenvalue weighted by molar-refractivity contribution is -0.145. The number of nitriles is 1. The first-order valence-electron chi connectivity index (χ1n) is 8.02. The van der Waals surface area contributed by atoms with Crippen LogP contribution in [-0.2, 0) is 20.7 Å². The lowest BCUT2D eigenvalue weighted by Crippen LogP contribution is -2.46. The minimum Gasteiger partial charge on any atom is -0.467 e. The third-order valence-corrected chi connectivity index (χ3v) is 4.34. The summed E-state index contributed by atoms with van der Waals surface area (Å²) in [5, 5.41) is 12.0. The van der Waals surface area contributed by atoms with Gasteiger partial charge in [-0.3, -0.25) is 4.79 Å². The van der Waals surface area contributed by atoms with Crippen LogP contribution in [0.2, 0.25) is 0 Å². The Labute approximate surface area is 136 Å². The Hall–Kier alpha value is -2.35. The van der Waals surface area contributed by atoms with Gasteiger partial charge in [0.1, 0.15) is 6.04 Å². The lowest BCUT2D eigenvalue weighted by Gasteiger charge is -2.24. The number of nitrogens with one attached hydrogen (secondary N) is 1. The van der Waals surface area contributed by atoms with E-state index in [0.29, 0.717) is 5.56 Å². The quantitative estimate of drug-likeness (QED) is 0.846. The highest BCUT2D eigenvalue weighted by atomic mass is 16.5. The Kier molecular flexibility index (Phi) is 6.16. The smallest absolute Gasteiger partial charge is 0.328 e. The number of ether oxygens (including phenoxy) is 1. The standard InChI is InChI=1S/C18H22N2O3/c1-23-18(22)16(11-14-9-5-6-10-15(14)12-19)20-17(21)13-7-3-2-4-8-13/h5-6,9-10,13,16H,2-4,7-8,11H2,1H3,(H,20,21)/t16-/m1/s1. The summed E-state index contributed by atoms with van der Waals surface area (Å²) in [5.41, 5.74) is 1.24. The Bertz CT molecular complexity index is 601. The summed E-state index contributed by atoms with van der Waals surface area (Å²) in [6.45, 7) is 0. The molecule has 1 amide bonds. The normalized spacial score (nSPS) is 16.2. The van der Waals surface area contributed by atoms with E-state index in [1.165, 1.54) is 13.5 Å². The summed E-state index contributed by atoms with van der Waals surface area (Å²) in [6, 6.07) is 8.43. The molecule has 0 aliphatic heterocycles. The van der Waals surface area contributed by atoms with Crippen molar-refractivity contribution >= 4 is 11.9 Å². The average Bonchev–Trinajstić information content (AvgIpc) is 2.61. The number of benzene rings is 1. The van der Waals surface area contributed by atoms with Gasteiger partial charge in [-0.15, -0.1) is 0 Å². The van der Waals surface area contributed by atoms with E-state index >= 15 is 0 Å². The Morgan fingerprint density at radius 2 is 2.00 bits per heavy atom. The minimum atomic E-state index is -0.760. The number of carbonyl (C=O) groups excluding carboxylic acids is 2. The van der Waals surface area contributed by atoms with Gasteiger partial charge in [0, 0.05) is 12.3 Å². The lowest BCUT2D eigenvalue weighted by atomic mass is 9.88. The van der Waals surface area contributed by atoms with Gasteiger partial charge < -0.3 is 10.1 Å². The van der Waals surface area contributed by atoms with Crippen molar-refractivity contribution in [1.29, 1.82) is 5.26 Å². The predicted octanol–water partition coefficient (Wildman–Crippen LogP) is 2.34. The summed E-state index contributed by atoms with van der Waals surface area (Å²) in [5.74, 6) is -0.599. The van der Waals surface area contributed by atoms with Crippen molar-refractivity contribution in [2.75, 3.05) is 7.11 Å². The van der Waals surface area contributed by atoms with Crippen LogP contribution >= 0.6 is 0 Å². The van der Waals surface area contributed by atoms with E-state index < -0.39 is 12.0 Å². The molecule has 1 aliphatic rings. The molecule has 0 aromatic heterocycles. The molecule has 23 heavy (non-hydrogen) atoms. The van der Waals surface area contributed by atoms with Crippen molar-refractivity contribution < 1.29 is 14.3 Å². The third-order valence-electron chi connectivity index (χ3n) is 4.34. The first kappa shape index (κ1) is 17.0. The number of hydrogen-bond acceptors (Lipinski definition) is 4. The van der Waals surface area contributed by atoms with Crippen molar-refractivity contribution in [3.8, 4) is 6.07 Å². The molecule has 2 rings (SSSR count). The van der Waals surface area contributed by atoms with E-state index in [9.17, 15) is 9.59 Å². The van der Waals surface area contributed by atoms with Gasteiger partial charge in [-0.25, -0.2) is 4.79 Å². The third kappa shape index (κ3) is 4.56. The van der Waals surface area contributed by atoms with Crippen LogP contribution in [0.3, 0.4) is 0 Å². The molecule has 0 heterocycles. The molecule has 1 N–H and O–H groups in total. The Balaban J connectivity index is 2.09. The second-order valence-corrected chi connectivity index (χ2v) is 5.89. The molecule has 5 nitrogen and oxygen atoms in total. The van der Waals surface area contributed by atoms with E-state index in [1.54, 1.807) is 18.2 Å². The maximum absolute atomic E-state index is 12.4. The highest BCUT2D eigenvalue weighted by molar-refractivity contribution is 5.86. The van der Waals surface area contributed by atoms with Crippen molar-refractivity contribution in [3.63, 3.8) is 0 Å². The van der Waals surface area contributed by atoms with E-state index in [4.69, 9.17) is 10.00 Å². The number of nitrogens with zero attached hydrogens (tertiary/aromatic N) is 1. The highest BCUT2D eigenvalue weighted by Gasteiger charge is 2.27. The number of amides is 1. The van der Waals surface area contributed by atoms with Gasteiger partial charge in [-0.1, -0.05) is 37.5 Å². The van der Waals surface area contributed by atoms with Gasteiger partial charge in [0.15, 0.2) is 0 Å². The number of esters is 1. The second-order valence-electron chi connectivity index (χ2n) is 5.89. The molecule has 1 saturated carbocycles. The monoisotopic (exact) mass is 314 g/mol. The van der Waals surface area contributed by atoms with Crippen LogP contribution in [0.25, 0.3) is 0 Å². The number of carbonyl (C=O) groups is 2. The van der Waals surface area contributed by atoms with Crippen LogP contribution in [0.15, 0.2) is 24.3 Å². The first-order valence-corrected chi connectivity index (χ1v) is 8.02. The maximum atomic E-state index is 12.4. The largest absolute Gasteiger partial charge is 0.467 e. The van der Waals surface area contributed by atoms with Crippen LogP contribution in [-0.4, -0.2) is 25.0 Å². The van der Waals surface area contributed by atoms with Crippen LogP contribution in [0.5, 0.6) is 0 Å². The molecular weight excluding hydrogens is 292 g/mol. The zero-order chi connectivity index (χ0) is 16.7. The highest BCUT2D eigenvalue weighted by Crippen LogP contribution is 2.24. The van der Waals surface area contributed by atoms with Crippen LogP contribution in [0.4, 0.5) is 0 Å². The van der Waals surface area contributed by atoms with E-state index in [2.05, 4.69) is 11.4 Å². The fourth-order valence-corrected chi connectivity index (χ4v) is 3.02. The van der Waals surface area contributed by atoms with Gasteiger partial charge in [0.2, 0.25) is 5.91 Å². The average molecular weight is 314 g/mol. The van der Waals surface area contributed by atoms with E-state index in [-0.39, 0.29) is 18.2 Å². The van der Waals surface area contributed by atoms with Gasteiger partial charge in [-0.2, -0.15) is 5.26 Å². The van der Waals surface area contributed by atoms with Crippen LogP contribution in [0, 0.1) is 17.2 Å². The number of rotatable bonds is 5. The van der Waals surface area contributed by atoms with E-state index in [0.717, 1.165) is 31.2 Å². The van der Waals surface area contributed by atoms with Gasteiger partial charge in [0.25, 0.3) is 0 Å². The first-order chi connectivity index (χ1) is 11.2. The molecule has 1 aromatic carbocycles. The number of hydrogen-bond donors (Lipinski definition) is 1. The van der Waals surface area contributed by atoms with Gasteiger partial charge in [0.05, 0.1) is 18.7 Å². The summed E-state index contributed by atoms with van der Waals surface area (Å²) in [6.07, 6.45) is 5.27. The molecular formula is C18H22N2O3. The second kappa shape index (κ2) is 8.33. The molecule has 1 aromatic rings. The van der Waals surface area contributed by atoms with Crippen molar-refractivity contribution in [1.82, 2.24) is 5.32 Å². The predicted molar refractivity (Wildman–Crippen MR) is 85.4 cm³/mol. The Morgan fingerprint density at radius 3 is 2.65 bits per heavy atom. The minimum absolute atomic E-state index is 0.0258. The molecule has 0 radical (unpaired) electrons. The van der Waals surface area contributed by atoms with Crippen molar-refractivity contribution in [2.24, 2.45) is 5.92 Å². The Morgan fingerprint density at radius 1 is 1.30 bits per heavy atom. The van der Waals surface area contributed by atoms with Gasteiger partial charge >= 0.3 is 5.97 Å². The summed E-state index contributed by atoms with van der Waals surface area (Å²) >= 11 is 0. The molecule has 0 spiro atoms. The molecule has 1 atom stereocenters. The summed E-state index contributed by atoms with van der Waals surface area (Å²) < 4.78 is 4.81. The zero-order valence-corrected chi connectivity index (χ0v) is 13.4. The molecule has 122 valence electrons.